The number of hydrogen-bond donors (Lipinski definition) is 0. The Morgan fingerprint density at radius 3 is 2.42 bits per heavy atom. The van der Waals surface area contributed by atoms with Gasteiger partial charge in [0.05, 0.1) is 24.9 Å². The van der Waals surface area contributed by atoms with Crippen molar-refractivity contribution >= 4 is 5.97 Å². The first-order valence-electron chi connectivity index (χ1n) is 10.6. The van der Waals surface area contributed by atoms with E-state index in [9.17, 15) is 13.6 Å². The van der Waals surface area contributed by atoms with Crippen LogP contribution in [0, 0.1) is 18.6 Å². The largest absolute Gasteiger partial charge is 0.420 e. The molecule has 5 nitrogen and oxygen atoms in total. The molecular weight excluding hydrogens is 406 g/mol. The van der Waals surface area contributed by atoms with Crippen LogP contribution in [0.5, 0.6) is 5.75 Å². The summed E-state index contributed by atoms with van der Waals surface area (Å²) in [6.45, 7) is 3.12. The van der Waals surface area contributed by atoms with Gasteiger partial charge in [-0.15, -0.1) is 0 Å². The molecule has 2 fully saturated rings. The molecule has 1 aliphatic heterocycles. The van der Waals surface area contributed by atoms with Gasteiger partial charge in [-0.2, -0.15) is 4.39 Å². The predicted molar refractivity (Wildman–Crippen MR) is 109 cm³/mol. The zero-order valence-corrected chi connectivity index (χ0v) is 17.4. The van der Waals surface area contributed by atoms with Crippen molar-refractivity contribution in [1.29, 1.82) is 0 Å². The van der Waals surface area contributed by atoms with Crippen LogP contribution in [0.3, 0.4) is 0 Å². The van der Waals surface area contributed by atoms with E-state index >= 15 is 0 Å². The third kappa shape index (κ3) is 5.67. The minimum absolute atomic E-state index is 0.155. The quantitative estimate of drug-likeness (QED) is 0.195. The van der Waals surface area contributed by atoms with Gasteiger partial charge >= 0.3 is 5.97 Å². The molecule has 1 unspecified atom stereocenters. The standard InChI is InChI=1S/C24H26F2O5/c1-15-2-11-21(23(26)22(15)25)31-24(27)18-5-3-16(4-6-18)17-7-9-19(10-8-17)30-14-28-12-20-13-29-20/h2-6,11,17,19-20H,7-10,12-14H2,1H3. The van der Waals surface area contributed by atoms with Crippen molar-refractivity contribution in [2.45, 2.75) is 50.7 Å². The summed E-state index contributed by atoms with van der Waals surface area (Å²) in [7, 11) is 0. The maximum absolute atomic E-state index is 13.9. The average molecular weight is 432 g/mol. The van der Waals surface area contributed by atoms with Crippen LogP contribution in [0.1, 0.15) is 53.1 Å². The third-order valence-electron chi connectivity index (χ3n) is 5.83. The zero-order valence-electron chi connectivity index (χ0n) is 17.4. The Labute approximate surface area is 180 Å². The highest BCUT2D eigenvalue weighted by Crippen LogP contribution is 2.34. The van der Waals surface area contributed by atoms with E-state index in [-0.39, 0.29) is 23.3 Å². The Morgan fingerprint density at radius 1 is 1.03 bits per heavy atom. The van der Waals surface area contributed by atoms with Crippen LogP contribution in [0.25, 0.3) is 0 Å². The summed E-state index contributed by atoms with van der Waals surface area (Å²) in [4.78, 5) is 12.3. The van der Waals surface area contributed by atoms with Gasteiger partial charge < -0.3 is 18.9 Å². The van der Waals surface area contributed by atoms with Crippen molar-refractivity contribution in [3.63, 3.8) is 0 Å². The van der Waals surface area contributed by atoms with Crippen molar-refractivity contribution < 1.29 is 32.5 Å². The molecule has 7 heteroatoms. The molecule has 0 bridgehead atoms. The van der Waals surface area contributed by atoms with E-state index in [2.05, 4.69) is 0 Å². The molecule has 1 saturated heterocycles. The number of rotatable bonds is 8. The van der Waals surface area contributed by atoms with Crippen LogP contribution in [-0.2, 0) is 14.2 Å². The average Bonchev–Trinajstić information content (AvgIpc) is 3.62. The van der Waals surface area contributed by atoms with Gasteiger partial charge in [-0.05, 0) is 67.9 Å². The van der Waals surface area contributed by atoms with Gasteiger partial charge in [0.15, 0.2) is 11.6 Å². The molecule has 0 amide bonds. The molecule has 0 radical (unpaired) electrons. The summed E-state index contributed by atoms with van der Waals surface area (Å²) < 4.78 is 48.9. The smallest absolute Gasteiger partial charge is 0.343 e. The van der Waals surface area contributed by atoms with Gasteiger partial charge in [0.1, 0.15) is 12.9 Å². The fourth-order valence-electron chi connectivity index (χ4n) is 3.81. The molecule has 2 aliphatic rings. The van der Waals surface area contributed by atoms with Crippen molar-refractivity contribution in [3.05, 3.63) is 64.7 Å². The number of aryl methyl sites for hydroxylation is 1. The molecule has 2 aromatic carbocycles. The Balaban J connectivity index is 1.26. The Kier molecular flexibility index (Phi) is 6.95. The van der Waals surface area contributed by atoms with E-state index in [1.165, 1.54) is 19.1 Å². The van der Waals surface area contributed by atoms with Crippen molar-refractivity contribution in [2.24, 2.45) is 0 Å². The van der Waals surface area contributed by atoms with Crippen molar-refractivity contribution in [2.75, 3.05) is 20.0 Å². The zero-order chi connectivity index (χ0) is 21.8. The van der Waals surface area contributed by atoms with Crippen LogP contribution in [0.15, 0.2) is 36.4 Å². The fraction of sp³-hybridized carbons (Fsp3) is 0.458. The molecule has 0 spiro atoms. The molecule has 0 aromatic heterocycles. The molecule has 4 rings (SSSR count). The predicted octanol–water partition coefficient (Wildman–Crippen LogP) is 4.91. The molecule has 0 N–H and O–H groups in total. The molecule has 166 valence electrons. The van der Waals surface area contributed by atoms with Gasteiger partial charge in [-0.3, -0.25) is 0 Å². The monoisotopic (exact) mass is 432 g/mol. The van der Waals surface area contributed by atoms with E-state index in [0.29, 0.717) is 19.3 Å². The summed E-state index contributed by atoms with van der Waals surface area (Å²) in [5.74, 6) is -2.90. The van der Waals surface area contributed by atoms with E-state index < -0.39 is 23.4 Å². The minimum Gasteiger partial charge on any atom is -0.420 e. The maximum Gasteiger partial charge on any atom is 0.343 e. The lowest BCUT2D eigenvalue weighted by atomic mass is 9.82. The lowest BCUT2D eigenvalue weighted by molar-refractivity contribution is -0.102. The SMILES string of the molecule is Cc1ccc(OC(=O)c2ccc(C3CCC(OCOCC4CO4)CC3)cc2)c(F)c1F. The highest BCUT2D eigenvalue weighted by atomic mass is 19.2. The summed E-state index contributed by atoms with van der Waals surface area (Å²) in [6, 6.07) is 9.75. The highest BCUT2D eigenvalue weighted by Gasteiger charge is 2.25. The van der Waals surface area contributed by atoms with E-state index in [1.807, 2.05) is 12.1 Å². The summed E-state index contributed by atoms with van der Waals surface area (Å²) in [5, 5.41) is 0. The van der Waals surface area contributed by atoms with Gasteiger partial charge in [-0.25, -0.2) is 9.18 Å². The number of benzene rings is 2. The lowest BCUT2D eigenvalue weighted by Gasteiger charge is -2.28. The first-order valence-corrected chi connectivity index (χ1v) is 10.6. The molecule has 1 heterocycles. The van der Waals surface area contributed by atoms with Crippen LogP contribution in [0.2, 0.25) is 0 Å². The molecule has 1 saturated carbocycles. The molecule has 1 atom stereocenters. The molecule has 2 aromatic rings. The first kappa shape index (κ1) is 21.9. The van der Waals surface area contributed by atoms with Crippen molar-refractivity contribution in [1.82, 2.24) is 0 Å². The lowest BCUT2D eigenvalue weighted by Crippen LogP contribution is -2.22. The normalized spacial score (nSPS) is 22.9. The second-order valence-corrected chi connectivity index (χ2v) is 8.10. The Bertz CT molecular complexity index is 903. The Hall–Kier alpha value is -2.35. The van der Waals surface area contributed by atoms with Gasteiger partial charge in [0.25, 0.3) is 0 Å². The summed E-state index contributed by atoms with van der Waals surface area (Å²) in [5.41, 5.74) is 1.59. The number of epoxide rings is 1. The molecule has 31 heavy (non-hydrogen) atoms. The maximum atomic E-state index is 13.9. The topological polar surface area (TPSA) is 57.3 Å². The van der Waals surface area contributed by atoms with Gasteiger partial charge in [-0.1, -0.05) is 18.2 Å². The number of halogens is 2. The van der Waals surface area contributed by atoms with E-state index in [0.717, 1.165) is 37.9 Å². The second-order valence-electron chi connectivity index (χ2n) is 8.10. The number of carbonyl (C=O) groups is 1. The Morgan fingerprint density at radius 2 is 1.74 bits per heavy atom. The van der Waals surface area contributed by atoms with Crippen LogP contribution < -0.4 is 4.74 Å². The van der Waals surface area contributed by atoms with E-state index in [4.69, 9.17) is 18.9 Å². The number of esters is 1. The van der Waals surface area contributed by atoms with Crippen LogP contribution in [0.4, 0.5) is 8.78 Å². The van der Waals surface area contributed by atoms with Crippen LogP contribution >= 0.6 is 0 Å². The number of ether oxygens (including phenoxy) is 4. The first-order chi connectivity index (χ1) is 15.0. The second kappa shape index (κ2) is 9.85. The fourth-order valence-corrected chi connectivity index (χ4v) is 3.81. The number of carbonyl (C=O) groups excluding carboxylic acids is 1. The summed E-state index contributed by atoms with van der Waals surface area (Å²) in [6.07, 6.45) is 4.35. The molecular formula is C24H26F2O5. The van der Waals surface area contributed by atoms with E-state index in [1.54, 1.807) is 12.1 Å². The molecule has 1 aliphatic carbocycles. The summed E-state index contributed by atoms with van der Waals surface area (Å²) >= 11 is 0. The van der Waals surface area contributed by atoms with Crippen LogP contribution in [-0.4, -0.2) is 38.2 Å². The van der Waals surface area contributed by atoms with Crippen molar-refractivity contribution in [3.8, 4) is 5.75 Å². The highest BCUT2D eigenvalue weighted by molar-refractivity contribution is 5.91. The van der Waals surface area contributed by atoms with Gasteiger partial charge in [0.2, 0.25) is 5.82 Å². The third-order valence-corrected chi connectivity index (χ3v) is 5.83. The minimum atomic E-state index is -1.16. The number of hydrogen-bond acceptors (Lipinski definition) is 5. The van der Waals surface area contributed by atoms with Gasteiger partial charge in [0, 0.05) is 0 Å².